The Kier molecular flexibility index (Phi) is 8.05. The van der Waals surface area contributed by atoms with E-state index < -0.39 is 0 Å². The van der Waals surface area contributed by atoms with Gasteiger partial charge in [0.25, 0.3) is 0 Å². The van der Waals surface area contributed by atoms with Crippen LogP contribution >= 0.6 is 0 Å². The number of anilines is 2. The van der Waals surface area contributed by atoms with Gasteiger partial charge in [-0.05, 0) is 47.2 Å². The predicted octanol–water partition coefficient (Wildman–Crippen LogP) is 3.00. The minimum atomic E-state index is 0.597. The van der Waals surface area contributed by atoms with Gasteiger partial charge in [0.2, 0.25) is 0 Å². The second-order valence-corrected chi connectivity index (χ2v) is 5.68. The molecule has 0 aromatic carbocycles. The first-order valence-corrected chi connectivity index (χ1v) is 8.11. The summed E-state index contributed by atoms with van der Waals surface area (Å²) in [5.41, 5.74) is 1.21. The van der Waals surface area contributed by atoms with Crippen LogP contribution in [0.2, 0.25) is 0 Å². The van der Waals surface area contributed by atoms with Gasteiger partial charge in [-0.1, -0.05) is 13.3 Å². The molecule has 0 saturated carbocycles. The first-order valence-electron chi connectivity index (χ1n) is 8.11. The average Bonchev–Trinajstić information content (AvgIpc) is 2.46. The number of hydrogen-bond acceptors (Lipinski definition) is 5. The highest BCUT2D eigenvalue weighted by Gasteiger charge is 2.10. The predicted molar refractivity (Wildman–Crippen MR) is 91.1 cm³/mol. The Bertz CT molecular complexity index is 406. The third kappa shape index (κ3) is 5.87. The van der Waals surface area contributed by atoms with E-state index in [0.29, 0.717) is 6.04 Å². The summed E-state index contributed by atoms with van der Waals surface area (Å²) in [6, 6.07) is 0.597. The van der Waals surface area contributed by atoms with Gasteiger partial charge in [0, 0.05) is 24.7 Å². The van der Waals surface area contributed by atoms with Crippen LogP contribution in [0.1, 0.15) is 46.1 Å². The van der Waals surface area contributed by atoms with Gasteiger partial charge in [0.15, 0.2) is 0 Å². The fourth-order valence-electron chi connectivity index (χ4n) is 2.16. The van der Waals surface area contributed by atoms with Crippen LogP contribution in [0, 0.1) is 0 Å². The van der Waals surface area contributed by atoms with E-state index in [0.717, 1.165) is 50.5 Å². The maximum Gasteiger partial charge on any atom is 0.134 e. The zero-order valence-electron chi connectivity index (χ0n) is 14.2. The molecule has 0 radical (unpaired) electrons. The molecule has 0 unspecified atom stereocenters. The van der Waals surface area contributed by atoms with Crippen LogP contribution in [0.5, 0.6) is 0 Å². The van der Waals surface area contributed by atoms with Gasteiger partial charge in [-0.3, -0.25) is 0 Å². The van der Waals surface area contributed by atoms with Crippen LogP contribution in [-0.4, -0.2) is 47.6 Å². The van der Waals surface area contributed by atoms with Crippen LogP contribution in [0.3, 0.4) is 0 Å². The van der Waals surface area contributed by atoms with E-state index in [4.69, 9.17) is 0 Å². The van der Waals surface area contributed by atoms with Crippen molar-refractivity contribution in [3.63, 3.8) is 0 Å². The van der Waals surface area contributed by atoms with Crippen molar-refractivity contribution in [2.75, 3.05) is 37.3 Å². The monoisotopic (exact) mass is 293 g/mol. The molecule has 1 aromatic heterocycles. The summed E-state index contributed by atoms with van der Waals surface area (Å²) < 4.78 is 0. The normalized spacial score (nSPS) is 11.2. The highest BCUT2D eigenvalue weighted by molar-refractivity contribution is 5.57. The highest BCUT2D eigenvalue weighted by atomic mass is 15.1. The van der Waals surface area contributed by atoms with E-state index in [2.05, 4.69) is 60.2 Å². The molecule has 0 fully saturated rings. The molecule has 1 rings (SSSR count). The largest absolute Gasteiger partial charge is 0.370 e. The van der Waals surface area contributed by atoms with E-state index >= 15 is 0 Å². The smallest absolute Gasteiger partial charge is 0.134 e. The van der Waals surface area contributed by atoms with E-state index in [-0.39, 0.29) is 0 Å². The molecule has 5 nitrogen and oxygen atoms in total. The van der Waals surface area contributed by atoms with Gasteiger partial charge in [-0.15, -0.1) is 0 Å². The number of rotatable bonds is 10. The van der Waals surface area contributed by atoms with Gasteiger partial charge in [-0.2, -0.15) is 0 Å². The Morgan fingerprint density at radius 1 is 1.14 bits per heavy atom. The second-order valence-electron chi connectivity index (χ2n) is 5.68. The van der Waals surface area contributed by atoms with Gasteiger partial charge < -0.3 is 15.5 Å². The van der Waals surface area contributed by atoms with Crippen molar-refractivity contribution in [3.05, 3.63) is 11.9 Å². The molecule has 0 amide bonds. The number of nitrogens with zero attached hydrogens (tertiary/aromatic N) is 3. The van der Waals surface area contributed by atoms with E-state index in [1.54, 1.807) is 6.33 Å². The van der Waals surface area contributed by atoms with Crippen molar-refractivity contribution < 1.29 is 0 Å². The lowest BCUT2D eigenvalue weighted by Crippen LogP contribution is -2.28. The Hall–Kier alpha value is -1.36. The van der Waals surface area contributed by atoms with Crippen molar-refractivity contribution in [2.24, 2.45) is 0 Å². The summed E-state index contributed by atoms with van der Waals surface area (Å²) in [4.78, 5) is 11.1. The van der Waals surface area contributed by atoms with Crippen LogP contribution in [0.4, 0.5) is 11.6 Å². The summed E-state index contributed by atoms with van der Waals surface area (Å²) in [6.07, 6.45) is 4.84. The summed E-state index contributed by atoms with van der Waals surface area (Å²) in [5.74, 6) is 1.95. The van der Waals surface area contributed by atoms with Crippen LogP contribution in [0.15, 0.2) is 6.33 Å². The zero-order valence-corrected chi connectivity index (χ0v) is 14.2. The Morgan fingerprint density at radius 2 is 1.81 bits per heavy atom. The molecule has 0 saturated heterocycles. The maximum atomic E-state index is 4.42. The van der Waals surface area contributed by atoms with Crippen LogP contribution in [-0.2, 0) is 6.42 Å². The summed E-state index contributed by atoms with van der Waals surface area (Å²) in [6.45, 7) is 11.6. The van der Waals surface area contributed by atoms with Crippen molar-refractivity contribution >= 4 is 11.6 Å². The fourth-order valence-corrected chi connectivity index (χ4v) is 2.16. The molecular formula is C16H31N5. The van der Waals surface area contributed by atoms with Crippen molar-refractivity contribution in [1.82, 2.24) is 14.9 Å². The van der Waals surface area contributed by atoms with Crippen LogP contribution < -0.4 is 10.6 Å². The molecule has 0 aliphatic carbocycles. The van der Waals surface area contributed by atoms with Crippen molar-refractivity contribution in [3.8, 4) is 0 Å². The van der Waals surface area contributed by atoms with E-state index in [1.165, 1.54) is 5.56 Å². The number of nitrogens with one attached hydrogen (secondary N) is 2. The maximum absolute atomic E-state index is 4.42. The lowest BCUT2D eigenvalue weighted by Gasteiger charge is -2.21. The Balaban J connectivity index is 2.59. The summed E-state index contributed by atoms with van der Waals surface area (Å²) in [5, 5.41) is 6.80. The molecule has 0 aliphatic heterocycles. The minimum Gasteiger partial charge on any atom is -0.370 e. The molecule has 0 aliphatic rings. The van der Waals surface area contributed by atoms with Crippen LogP contribution in [0.25, 0.3) is 0 Å². The summed E-state index contributed by atoms with van der Waals surface area (Å²) in [7, 11) is 2.17. The fraction of sp³-hybridized carbons (Fsp3) is 0.750. The number of aromatic nitrogens is 2. The topological polar surface area (TPSA) is 53.1 Å². The molecular weight excluding hydrogens is 262 g/mol. The molecule has 120 valence electrons. The lowest BCUT2D eigenvalue weighted by atomic mass is 10.1. The van der Waals surface area contributed by atoms with Gasteiger partial charge in [0.05, 0.1) is 0 Å². The second kappa shape index (κ2) is 9.55. The molecule has 1 heterocycles. The minimum absolute atomic E-state index is 0.597. The highest BCUT2D eigenvalue weighted by Crippen LogP contribution is 2.21. The molecule has 0 atom stereocenters. The third-order valence-electron chi connectivity index (χ3n) is 3.65. The van der Waals surface area contributed by atoms with Gasteiger partial charge in [0.1, 0.15) is 18.0 Å². The van der Waals surface area contributed by atoms with Gasteiger partial charge >= 0.3 is 0 Å². The molecule has 2 N–H and O–H groups in total. The SMILES string of the molecule is CCCc1c(NCC)ncnc1NCCCN(C)C(C)C. The molecule has 0 spiro atoms. The van der Waals surface area contributed by atoms with E-state index in [1.807, 2.05) is 0 Å². The van der Waals surface area contributed by atoms with Gasteiger partial charge in [-0.25, -0.2) is 9.97 Å². The standard InChI is InChI=1S/C16H31N5/c1-6-9-14-15(17-7-2)19-12-20-16(14)18-10-8-11-21(5)13(3)4/h12-13H,6-11H2,1-5H3,(H2,17,18,19,20). The average molecular weight is 293 g/mol. The lowest BCUT2D eigenvalue weighted by molar-refractivity contribution is 0.273. The first-order chi connectivity index (χ1) is 10.1. The van der Waals surface area contributed by atoms with Crippen molar-refractivity contribution in [1.29, 1.82) is 0 Å². The zero-order chi connectivity index (χ0) is 15.7. The third-order valence-corrected chi connectivity index (χ3v) is 3.65. The summed E-state index contributed by atoms with van der Waals surface area (Å²) >= 11 is 0. The quantitative estimate of drug-likeness (QED) is 0.650. The number of hydrogen-bond donors (Lipinski definition) is 2. The molecule has 0 bridgehead atoms. The molecule has 21 heavy (non-hydrogen) atoms. The first kappa shape index (κ1) is 17.7. The Labute approximate surface area is 129 Å². The van der Waals surface area contributed by atoms with E-state index in [9.17, 15) is 0 Å². The molecule has 1 aromatic rings. The Morgan fingerprint density at radius 3 is 2.38 bits per heavy atom. The van der Waals surface area contributed by atoms with Crippen molar-refractivity contribution in [2.45, 2.75) is 53.0 Å². The molecule has 5 heteroatoms.